The van der Waals surface area contributed by atoms with Gasteiger partial charge in [0.2, 0.25) is 0 Å². The highest BCUT2D eigenvalue weighted by molar-refractivity contribution is 5.95. The van der Waals surface area contributed by atoms with Crippen molar-refractivity contribution in [3.63, 3.8) is 0 Å². The van der Waals surface area contributed by atoms with E-state index in [1.54, 1.807) is 6.20 Å². The van der Waals surface area contributed by atoms with Crippen LogP contribution in [0.15, 0.2) is 35.0 Å². The number of amides is 1. The highest BCUT2D eigenvalue weighted by atomic mass is 16.5. The molecule has 7 nitrogen and oxygen atoms in total. The molecule has 3 aromatic heterocycles. The molecule has 0 saturated carbocycles. The summed E-state index contributed by atoms with van der Waals surface area (Å²) in [7, 11) is 0. The first-order valence-electron chi connectivity index (χ1n) is 10.7. The number of fused-ring (bicyclic) bond motifs is 3. The van der Waals surface area contributed by atoms with Crippen LogP contribution in [0.1, 0.15) is 52.4 Å². The van der Waals surface area contributed by atoms with Crippen molar-refractivity contribution in [3.05, 3.63) is 58.9 Å². The van der Waals surface area contributed by atoms with Crippen molar-refractivity contribution in [2.24, 2.45) is 0 Å². The second-order valence-corrected chi connectivity index (χ2v) is 8.07. The molecule has 1 fully saturated rings. The van der Waals surface area contributed by atoms with Crippen LogP contribution in [-0.4, -0.2) is 39.9 Å². The minimum atomic E-state index is -0.175. The van der Waals surface area contributed by atoms with E-state index in [9.17, 15) is 4.79 Å². The van der Waals surface area contributed by atoms with E-state index in [1.165, 1.54) is 5.56 Å². The molecule has 1 atom stereocenters. The summed E-state index contributed by atoms with van der Waals surface area (Å²) in [5, 5.41) is 7.79. The first-order valence-corrected chi connectivity index (χ1v) is 10.7. The van der Waals surface area contributed by atoms with Gasteiger partial charge < -0.3 is 14.5 Å². The van der Waals surface area contributed by atoms with Crippen LogP contribution in [0.25, 0.3) is 11.3 Å². The van der Waals surface area contributed by atoms with Gasteiger partial charge in [-0.3, -0.25) is 14.5 Å². The second-order valence-electron chi connectivity index (χ2n) is 8.07. The molecule has 1 unspecified atom stereocenters. The summed E-state index contributed by atoms with van der Waals surface area (Å²) < 4.78 is 13.6. The van der Waals surface area contributed by atoms with Crippen LogP contribution in [0.4, 0.5) is 0 Å². The predicted octanol–water partition coefficient (Wildman–Crippen LogP) is 3.29. The second kappa shape index (κ2) is 8.07. The molecule has 0 radical (unpaired) electrons. The van der Waals surface area contributed by atoms with Crippen molar-refractivity contribution in [3.8, 4) is 11.3 Å². The van der Waals surface area contributed by atoms with Crippen LogP contribution in [0, 0.1) is 6.92 Å². The molecule has 1 amide bonds. The van der Waals surface area contributed by atoms with Gasteiger partial charge in [-0.25, -0.2) is 0 Å². The van der Waals surface area contributed by atoms with Crippen molar-refractivity contribution in [1.29, 1.82) is 0 Å². The molecule has 0 bridgehead atoms. The van der Waals surface area contributed by atoms with Crippen molar-refractivity contribution < 1.29 is 13.9 Å². The van der Waals surface area contributed by atoms with Crippen LogP contribution < -0.4 is 5.32 Å². The van der Waals surface area contributed by atoms with Gasteiger partial charge in [0.25, 0.3) is 5.91 Å². The third kappa shape index (κ3) is 3.65. The van der Waals surface area contributed by atoms with Crippen LogP contribution in [-0.2, 0) is 24.1 Å². The van der Waals surface area contributed by atoms with Crippen LogP contribution >= 0.6 is 0 Å². The Hall–Kier alpha value is -2.93. The summed E-state index contributed by atoms with van der Waals surface area (Å²) in [6.07, 6.45) is 8.85. The lowest BCUT2D eigenvalue weighted by atomic mass is 9.93. The number of carbonyl (C=O) groups excluding carboxylic acids is 1. The minimum absolute atomic E-state index is 0.0986. The molecular weight excluding hydrogens is 380 g/mol. The van der Waals surface area contributed by atoms with Gasteiger partial charge in [-0.2, -0.15) is 5.10 Å². The molecule has 1 aliphatic heterocycles. The first kappa shape index (κ1) is 19.1. The van der Waals surface area contributed by atoms with E-state index < -0.39 is 0 Å². The SMILES string of the molecule is Cc1c(C(=O)NCC2CCCCO2)oc2c1-c1nn(Cc3ccccn3)cc1CC2. The molecule has 30 heavy (non-hydrogen) atoms. The van der Waals surface area contributed by atoms with Gasteiger partial charge in [0, 0.05) is 43.1 Å². The van der Waals surface area contributed by atoms with Crippen molar-refractivity contribution in [2.75, 3.05) is 13.2 Å². The standard InChI is InChI=1S/C23H26N4O3/c1-15-20-19(30-22(15)23(28)25-12-18-7-3-5-11-29-18)9-8-16-13-27(26-21(16)20)14-17-6-2-4-10-24-17/h2,4,6,10,13,18H,3,5,7-9,11-12,14H2,1H3,(H,25,28). The molecule has 156 valence electrons. The van der Waals surface area contributed by atoms with Crippen LogP contribution in [0.5, 0.6) is 0 Å². The molecule has 5 rings (SSSR count). The summed E-state index contributed by atoms with van der Waals surface area (Å²) in [6.45, 7) is 3.86. The zero-order chi connectivity index (χ0) is 20.5. The number of carbonyl (C=O) groups is 1. The Balaban J connectivity index is 1.36. The number of nitrogens with one attached hydrogen (secondary N) is 1. The molecule has 7 heteroatoms. The van der Waals surface area contributed by atoms with E-state index in [2.05, 4.69) is 16.5 Å². The maximum Gasteiger partial charge on any atom is 0.287 e. The van der Waals surface area contributed by atoms with Gasteiger partial charge in [-0.05, 0) is 50.3 Å². The molecule has 4 heterocycles. The molecule has 3 aromatic rings. The van der Waals surface area contributed by atoms with E-state index in [1.807, 2.05) is 29.8 Å². The first-order chi connectivity index (χ1) is 14.7. The Morgan fingerprint density at radius 3 is 3.03 bits per heavy atom. The fourth-order valence-electron chi connectivity index (χ4n) is 4.37. The molecule has 0 spiro atoms. The molecule has 2 aliphatic rings. The lowest BCUT2D eigenvalue weighted by molar-refractivity contribution is 0.0167. The zero-order valence-electron chi connectivity index (χ0n) is 17.2. The molecule has 1 N–H and O–H groups in total. The quantitative estimate of drug-likeness (QED) is 0.703. The van der Waals surface area contributed by atoms with Gasteiger partial charge in [-0.1, -0.05) is 6.07 Å². The Bertz CT molecular complexity index is 1050. The van der Waals surface area contributed by atoms with Crippen molar-refractivity contribution in [1.82, 2.24) is 20.1 Å². The van der Waals surface area contributed by atoms with E-state index in [0.29, 0.717) is 18.8 Å². The largest absolute Gasteiger partial charge is 0.455 e. The van der Waals surface area contributed by atoms with Crippen molar-refractivity contribution in [2.45, 2.75) is 51.7 Å². The summed E-state index contributed by atoms with van der Waals surface area (Å²) in [5.74, 6) is 1.07. The van der Waals surface area contributed by atoms with E-state index in [4.69, 9.17) is 14.3 Å². The van der Waals surface area contributed by atoms with Crippen LogP contribution in [0.3, 0.4) is 0 Å². The van der Waals surface area contributed by atoms with Crippen LogP contribution in [0.2, 0.25) is 0 Å². The number of hydrogen-bond donors (Lipinski definition) is 1. The number of hydrogen-bond acceptors (Lipinski definition) is 5. The van der Waals surface area contributed by atoms with Gasteiger partial charge >= 0.3 is 0 Å². The Labute approximate surface area is 175 Å². The summed E-state index contributed by atoms with van der Waals surface area (Å²) >= 11 is 0. The average molecular weight is 406 g/mol. The van der Waals surface area contributed by atoms with Gasteiger partial charge in [0.1, 0.15) is 5.76 Å². The lowest BCUT2D eigenvalue weighted by Crippen LogP contribution is -2.35. The molecule has 1 aliphatic carbocycles. The summed E-state index contributed by atoms with van der Waals surface area (Å²) in [5.41, 5.74) is 4.89. The number of furan rings is 1. The number of aromatic nitrogens is 3. The number of aryl methyl sites for hydroxylation is 2. The Kier molecular flexibility index (Phi) is 5.12. The normalized spacial score (nSPS) is 18.0. The van der Waals surface area contributed by atoms with E-state index >= 15 is 0 Å². The number of pyridine rings is 1. The average Bonchev–Trinajstić information content (AvgIpc) is 3.33. The third-order valence-electron chi connectivity index (χ3n) is 5.94. The lowest BCUT2D eigenvalue weighted by Gasteiger charge is -2.22. The fourth-order valence-corrected chi connectivity index (χ4v) is 4.37. The summed E-state index contributed by atoms with van der Waals surface area (Å²) in [4.78, 5) is 17.2. The van der Waals surface area contributed by atoms with E-state index in [0.717, 1.165) is 67.0 Å². The monoisotopic (exact) mass is 406 g/mol. The highest BCUT2D eigenvalue weighted by Crippen LogP contribution is 2.38. The van der Waals surface area contributed by atoms with Crippen molar-refractivity contribution >= 4 is 5.91 Å². The Morgan fingerprint density at radius 2 is 2.23 bits per heavy atom. The number of rotatable bonds is 5. The number of nitrogens with zero attached hydrogens (tertiary/aromatic N) is 3. The molecular formula is C23H26N4O3. The minimum Gasteiger partial charge on any atom is -0.455 e. The zero-order valence-corrected chi connectivity index (χ0v) is 17.2. The fraction of sp³-hybridized carbons (Fsp3) is 0.435. The highest BCUT2D eigenvalue weighted by Gasteiger charge is 2.30. The smallest absolute Gasteiger partial charge is 0.287 e. The van der Waals surface area contributed by atoms with Gasteiger partial charge in [-0.15, -0.1) is 0 Å². The molecule has 1 saturated heterocycles. The van der Waals surface area contributed by atoms with E-state index in [-0.39, 0.29) is 12.0 Å². The maximum absolute atomic E-state index is 12.8. The van der Waals surface area contributed by atoms with Gasteiger partial charge in [0.15, 0.2) is 5.76 Å². The third-order valence-corrected chi connectivity index (χ3v) is 5.94. The maximum atomic E-state index is 12.8. The summed E-state index contributed by atoms with van der Waals surface area (Å²) in [6, 6.07) is 5.88. The number of ether oxygens (including phenoxy) is 1. The topological polar surface area (TPSA) is 82.2 Å². The predicted molar refractivity (Wildman–Crippen MR) is 111 cm³/mol. The van der Waals surface area contributed by atoms with Gasteiger partial charge in [0.05, 0.1) is 24.0 Å². The molecule has 0 aromatic carbocycles. The Morgan fingerprint density at radius 1 is 1.30 bits per heavy atom.